The molecule has 0 bridgehead atoms. The van der Waals surface area contributed by atoms with Crippen LogP contribution in [0.5, 0.6) is 0 Å². The molecule has 0 unspecified atom stereocenters. The number of aromatic nitrogens is 2. The lowest BCUT2D eigenvalue weighted by molar-refractivity contribution is 0.0952. The normalized spacial score (nSPS) is 10.8. The van der Waals surface area contributed by atoms with E-state index >= 15 is 0 Å². The van der Waals surface area contributed by atoms with Crippen LogP contribution in [0.4, 0.5) is 0 Å². The molecule has 1 aromatic carbocycles. The van der Waals surface area contributed by atoms with Crippen LogP contribution in [0.1, 0.15) is 16.8 Å². The van der Waals surface area contributed by atoms with Crippen LogP contribution in [0.2, 0.25) is 0 Å². The summed E-state index contributed by atoms with van der Waals surface area (Å²) in [6, 6.07) is 9.74. The van der Waals surface area contributed by atoms with Gasteiger partial charge in [0.15, 0.2) is 0 Å². The zero-order valence-corrected chi connectivity index (χ0v) is 11.9. The molecular formula is C15H20N4O. The summed E-state index contributed by atoms with van der Waals surface area (Å²) in [5.41, 5.74) is 1.53. The molecule has 0 saturated carbocycles. The van der Waals surface area contributed by atoms with E-state index in [0.717, 1.165) is 18.7 Å². The molecular weight excluding hydrogens is 252 g/mol. The molecule has 0 fully saturated rings. The first kappa shape index (κ1) is 14.3. The molecule has 1 amide bonds. The molecule has 5 nitrogen and oxygen atoms in total. The Balaban J connectivity index is 1.90. The number of amides is 1. The van der Waals surface area contributed by atoms with Gasteiger partial charge in [0.25, 0.3) is 5.91 Å². The first-order valence-electron chi connectivity index (χ1n) is 6.70. The van der Waals surface area contributed by atoms with Crippen LogP contribution in [-0.2, 0) is 0 Å². The summed E-state index contributed by atoms with van der Waals surface area (Å²) in [4.78, 5) is 14.1. The van der Waals surface area contributed by atoms with Crippen molar-refractivity contribution in [3.63, 3.8) is 0 Å². The number of para-hydroxylation sites is 1. The summed E-state index contributed by atoms with van der Waals surface area (Å²) in [5.74, 6) is -0.0778. The van der Waals surface area contributed by atoms with Crippen LogP contribution in [0, 0.1) is 0 Å². The molecule has 0 saturated heterocycles. The fraction of sp³-hybridized carbons (Fsp3) is 0.333. The second-order valence-corrected chi connectivity index (χ2v) is 4.92. The number of rotatable bonds is 6. The fourth-order valence-electron chi connectivity index (χ4n) is 1.86. The highest BCUT2D eigenvalue weighted by atomic mass is 16.1. The molecule has 2 aromatic rings. The van der Waals surface area contributed by atoms with Crippen LogP contribution in [0.25, 0.3) is 5.69 Å². The Hall–Kier alpha value is -2.14. The van der Waals surface area contributed by atoms with Gasteiger partial charge in [0.2, 0.25) is 0 Å². The maximum absolute atomic E-state index is 12.0. The van der Waals surface area contributed by atoms with Crippen LogP contribution >= 0.6 is 0 Å². The van der Waals surface area contributed by atoms with E-state index in [1.54, 1.807) is 17.1 Å². The average Bonchev–Trinajstić information content (AvgIpc) is 2.94. The molecule has 1 N–H and O–H groups in total. The number of nitrogens with one attached hydrogen (secondary N) is 1. The maximum atomic E-state index is 12.0. The molecule has 5 heteroatoms. The van der Waals surface area contributed by atoms with Crippen molar-refractivity contribution in [2.45, 2.75) is 6.42 Å². The van der Waals surface area contributed by atoms with Gasteiger partial charge in [-0.3, -0.25) is 4.79 Å². The standard InChI is InChI=1S/C15H20N4O/c1-18(2)10-6-9-16-15(20)13-11-17-19(12-13)14-7-4-3-5-8-14/h3-5,7-8,11-12H,6,9-10H2,1-2H3,(H,16,20). The Kier molecular flexibility index (Phi) is 4.90. The first-order chi connectivity index (χ1) is 9.66. The summed E-state index contributed by atoms with van der Waals surface area (Å²) < 4.78 is 1.70. The average molecular weight is 272 g/mol. The largest absolute Gasteiger partial charge is 0.352 e. The molecule has 20 heavy (non-hydrogen) atoms. The number of nitrogens with zero attached hydrogens (tertiary/aromatic N) is 3. The van der Waals surface area contributed by atoms with E-state index in [2.05, 4.69) is 15.3 Å². The van der Waals surface area contributed by atoms with Gasteiger partial charge in [0.05, 0.1) is 17.4 Å². The van der Waals surface area contributed by atoms with Crippen molar-refractivity contribution >= 4 is 5.91 Å². The Labute approximate surface area is 119 Å². The van der Waals surface area contributed by atoms with Crippen molar-refractivity contribution in [3.8, 4) is 5.69 Å². The SMILES string of the molecule is CN(C)CCCNC(=O)c1cnn(-c2ccccc2)c1. The Morgan fingerprint density at radius 2 is 2.05 bits per heavy atom. The first-order valence-corrected chi connectivity index (χ1v) is 6.70. The summed E-state index contributed by atoms with van der Waals surface area (Å²) in [6.07, 6.45) is 4.27. The van der Waals surface area contributed by atoms with Crippen molar-refractivity contribution in [2.75, 3.05) is 27.2 Å². The van der Waals surface area contributed by atoms with E-state index in [4.69, 9.17) is 0 Å². The monoisotopic (exact) mass is 272 g/mol. The highest BCUT2D eigenvalue weighted by molar-refractivity contribution is 5.93. The van der Waals surface area contributed by atoms with Gasteiger partial charge in [-0.1, -0.05) is 18.2 Å². The van der Waals surface area contributed by atoms with Crippen molar-refractivity contribution < 1.29 is 4.79 Å². The van der Waals surface area contributed by atoms with E-state index in [-0.39, 0.29) is 5.91 Å². The minimum Gasteiger partial charge on any atom is -0.352 e. The molecule has 0 aliphatic heterocycles. The second-order valence-electron chi connectivity index (χ2n) is 4.92. The van der Waals surface area contributed by atoms with Gasteiger partial charge >= 0.3 is 0 Å². The molecule has 1 heterocycles. The summed E-state index contributed by atoms with van der Waals surface area (Å²) >= 11 is 0. The lowest BCUT2D eigenvalue weighted by atomic mass is 10.3. The number of hydrogen-bond acceptors (Lipinski definition) is 3. The predicted octanol–water partition coefficient (Wildman–Crippen LogP) is 1.55. The second kappa shape index (κ2) is 6.86. The lowest BCUT2D eigenvalue weighted by Crippen LogP contribution is -2.26. The highest BCUT2D eigenvalue weighted by Gasteiger charge is 2.08. The smallest absolute Gasteiger partial charge is 0.254 e. The van der Waals surface area contributed by atoms with Gasteiger partial charge < -0.3 is 10.2 Å². The minimum atomic E-state index is -0.0778. The van der Waals surface area contributed by atoms with Gasteiger partial charge in [0.1, 0.15) is 0 Å². The molecule has 0 aliphatic rings. The number of carbonyl (C=O) groups excluding carboxylic acids is 1. The number of carbonyl (C=O) groups is 1. The van der Waals surface area contributed by atoms with E-state index in [1.807, 2.05) is 44.4 Å². The van der Waals surface area contributed by atoms with Gasteiger partial charge in [-0.15, -0.1) is 0 Å². The quantitative estimate of drug-likeness (QED) is 0.812. The van der Waals surface area contributed by atoms with Gasteiger partial charge in [-0.05, 0) is 39.2 Å². The van der Waals surface area contributed by atoms with E-state index in [9.17, 15) is 4.79 Å². The van der Waals surface area contributed by atoms with E-state index < -0.39 is 0 Å². The third kappa shape index (κ3) is 3.93. The number of hydrogen-bond donors (Lipinski definition) is 1. The van der Waals surface area contributed by atoms with Crippen molar-refractivity contribution in [1.82, 2.24) is 20.0 Å². The lowest BCUT2D eigenvalue weighted by Gasteiger charge is -2.09. The van der Waals surface area contributed by atoms with Crippen molar-refractivity contribution in [1.29, 1.82) is 0 Å². The molecule has 1 aromatic heterocycles. The maximum Gasteiger partial charge on any atom is 0.254 e. The Morgan fingerprint density at radius 3 is 2.75 bits per heavy atom. The third-order valence-corrected chi connectivity index (χ3v) is 2.93. The minimum absolute atomic E-state index is 0.0778. The summed E-state index contributed by atoms with van der Waals surface area (Å²) in [5, 5.41) is 7.11. The van der Waals surface area contributed by atoms with Gasteiger partial charge in [0, 0.05) is 12.7 Å². The molecule has 0 aliphatic carbocycles. The Morgan fingerprint density at radius 1 is 1.30 bits per heavy atom. The predicted molar refractivity (Wildman–Crippen MR) is 79.1 cm³/mol. The summed E-state index contributed by atoms with van der Waals surface area (Å²) in [6.45, 7) is 1.64. The molecule has 0 atom stereocenters. The zero-order valence-electron chi connectivity index (χ0n) is 11.9. The van der Waals surface area contributed by atoms with E-state index in [1.165, 1.54) is 0 Å². The van der Waals surface area contributed by atoms with Crippen molar-refractivity contribution in [2.24, 2.45) is 0 Å². The third-order valence-electron chi connectivity index (χ3n) is 2.93. The van der Waals surface area contributed by atoms with Crippen LogP contribution in [0.15, 0.2) is 42.7 Å². The van der Waals surface area contributed by atoms with Crippen LogP contribution in [-0.4, -0.2) is 47.8 Å². The van der Waals surface area contributed by atoms with Crippen LogP contribution in [0.3, 0.4) is 0 Å². The van der Waals surface area contributed by atoms with E-state index in [0.29, 0.717) is 12.1 Å². The summed E-state index contributed by atoms with van der Waals surface area (Å²) in [7, 11) is 4.04. The molecule has 0 radical (unpaired) electrons. The fourth-order valence-corrected chi connectivity index (χ4v) is 1.86. The van der Waals surface area contributed by atoms with Crippen molar-refractivity contribution in [3.05, 3.63) is 48.3 Å². The molecule has 0 spiro atoms. The number of benzene rings is 1. The Bertz CT molecular complexity index is 548. The zero-order chi connectivity index (χ0) is 14.4. The topological polar surface area (TPSA) is 50.2 Å². The van der Waals surface area contributed by atoms with Gasteiger partial charge in [-0.25, -0.2) is 4.68 Å². The molecule has 106 valence electrons. The molecule has 2 rings (SSSR count). The van der Waals surface area contributed by atoms with Crippen LogP contribution < -0.4 is 5.32 Å². The van der Waals surface area contributed by atoms with Gasteiger partial charge in [-0.2, -0.15) is 5.10 Å². The highest BCUT2D eigenvalue weighted by Crippen LogP contribution is 2.07.